The summed E-state index contributed by atoms with van der Waals surface area (Å²) in [6.07, 6.45) is 0. The molecule has 0 unspecified atom stereocenters. The lowest BCUT2D eigenvalue weighted by molar-refractivity contribution is 0.101. The number of rotatable bonds is 3. The lowest BCUT2D eigenvalue weighted by Gasteiger charge is -2.07. The maximum atomic E-state index is 12.1. The molecule has 2 rings (SSSR count). The van der Waals surface area contributed by atoms with Gasteiger partial charge in [0.2, 0.25) is 0 Å². The summed E-state index contributed by atoms with van der Waals surface area (Å²) >= 11 is 0. The van der Waals surface area contributed by atoms with Crippen molar-refractivity contribution in [3.63, 3.8) is 0 Å². The summed E-state index contributed by atoms with van der Waals surface area (Å²) < 4.78 is 6.53. The molecule has 19 heavy (non-hydrogen) atoms. The van der Waals surface area contributed by atoms with E-state index in [1.54, 1.807) is 45.3 Å². The van der Waals surface area contributed by atoms with Crippen LogP contribution >= 0.6 is 0 Å². The number of aromatic nitrogens is 2. The minimum atomic E-state index is -0.286. The number of benzene rings is 1. The van der Waals surface area contributed by atoms with Gasteiger partial charge in [-0.2, -0.15) is 5.10 Å². The summed E-state index contributed by atoms with van der Waals surface area (Å²) in [6, 6.07) is 7.06. The van der Waals surface area contributed by atoms with Gasteiger partial charge in [-0.3, -0.25) is 9.48 Å². The van der Waals surface area contributed by atoms with E-state index >= 15 is 0 Å². The van der Waals surface area contributed by atoms with E-state index in [2.05, 4.69) is 10.4 Å². The second-order valence-electron chi connectivity index (χ2n) is 4.15. The van der Waals surface area contributed by atoms with Crippen molar-refractivity contribution < 1.29 is 9.53 Å². The van der Waals surface area contributed by atoms with Crippen molar-refractivity contribution in [2.45, 2.75) is 6.92 Å². The van der Waals surface area contributed by atoms with Crippen LogP contribution in [-0.2, 0) is 7.05 Å². The van der Waals surface area contributed by atoms with Crippen molar-refractivity contribution >= 4 is 17.3 Å². The number of carbonyl (C=O) groups excluding carboxylic acids is 1. The number of nitrogens with one attached hydrogen (secondary N) is 1. The first-order chi connectivity index (χ1) is 9.02. The molecule has 100 valence electrons. The molecule has 0 saturated heterocycles. The normalized spacial score (nSPS) is 10.3. The van der Waals surface area contributed by atoms with Gasteiger partial charge in [-0.25, -0.2) is 0 Å². The van der Waals surface area contributed by atoms with Gasteiger partial charge in [-0.15, -0.1) is 0 Å². The molecule has 6 nitrogen and oxygen atoms in total. The monoisotopic (exact) mass is 260 g/mol. The first kappa shape index (κ1) is 12.9. The standard InChI is InChI=1S/C13H16N4O2/c1-8-11(14)12(17(2)16-8)13(18)15-9-4-6-10(19-3)7-5-9/h4-7H,14H2,1-3H3,(H,15,18). The molecule has 0 fully saturated rings. The van der Waals surface area contributed by atoms with Gasteiger partial charge in [0.1, 0.15) is 11.4 Å². The SMILES string of the molecule is COc1ccc(NC(=O)c2c(N)c(C)nn2C)cc1. The van der Waals surface area contributed by atoms with Gasteiger partial charge < -0.3 is 15.8 Å². The summed E-state index contributed by atoms with van der Waals surface area (Å²) in [6.45, 7) is 1.76. The fourth-order valence-electron chi connectivity index (χ4n) is 1.81. The van der Waals surface area contributed by atoms with Crippen LogP contribution in [0.1, 0.15) is 16.2 Å². The average Bonchev–Trinajstić information content (AvgIpc) is 2.64. The number of amides is 1. The van der Waals surface area contributed by atoms with Crippen LogP contribution in [0.3, 0.4) is 0 Å². The molecule has 0 spiro atoms. The number of methoxy groups -OCH3 is 1. The minimum absolute atomic E-state index is 0.286. The van der Waals surface area contributed by atoms with Gasteiger partial charge in [-0.1, -0.05) is 0 Å². The van der Waals surface area contributed by atoms with Crippen molar-refractivity contribution in [3.05, 3.63) is 35.7 Å². The predicted molar refractivity (Wildman–Crippen MR) is 73.3 cm³/mol. The summed E-state index contributed by atoms with van der Waals surface area (Å²) in [5.41, 5.74) is 7.90. The van der Waals surface area contributed by atoms with Crippen molar-refractivity contribution in [2.24, 2.45) is 7.05 Å². The van der Waals surface area contributed by atoms with Crippen LogP contribution in [-0.4, -0.2) is 22.8 Å². The van der Waals surface area contributed by atoms with Crippen LogP contribution in [0.2, 0.25) is 0 Å². The summed E-state index contributed by atoms with van der Waals surface area (Å²) in [7, 11) is 3.28. The number of anilines is 2. The second-order valence-corrected chi connectivity index (χ2v) is 4.15. The molecule has 0 aliphatic heterocycles. The van der Waals surface area contributed by atoms with Crippen LogP contribution in [0.25, 0.3) is 0 Å². The van der Waals surface area contributed by atoms with Gasteiger partial charge in [0.05, 0.1) is 18.5 Å². The lowest BCUT2D eigenvalue weighted by Crippen LogP contribution is -2.17. The van der Waals surface area contributed by atoms with Crippen molar-refractivity contribution in [2.75, 3.05) is 18.2 Å². The zero-order valence-electron chi connectivity index (χ0n) is 11.1. The molecule has 0 atom stereocenters. The highest BCUT2D eigenvalue weighted by Gasteiger charge is 2.17. The highest BCUT2D eigenvalue weighted by Crippen LogP contribution is 2.19. The third-order valence-electron chi connectivity index (χ3n) is 2.83. The Kier molecular flexibility index (Phi) is 3.41. The molecular weight excluding hydrogens is 244 g/mol. The molecule has 1 aromatic carbocycles. The predicted octanol–water partition coefficient (Wildman–Crippen LogP) is 1.57. The molecule has 0 bridgehead atoms. The Morgan fingerprint density at radius 1 is 1.37 bits per heavy atom. The molecule has 0 aliphatic carbocycles. The lowest BCUT2D eigenvalue weighted by atomic mass is 10.2. The zero-order chi connectivity index (χ0) is 14.0. The summed E-state index contributed by atoms with van der Waals surface area (Å²) in [5.74, 6) is 0.444. The van der Waals surface area contributed by atoms with Gasteiger partial charge in [0.25, 0.3) is 5.91 Å². The third kappa shape index (κ3) is 2.52. The largest absolute Gasteiger partial charge is 0.497 e. The molecule has 0 saturated carbocycles. The van der Waals surface area contributed by atoms with Crippen LogP contribution in [0.4, 0.5) is 11.4 Å². The fourth-order valence-corrected chi connectivity index (χ4v) is 1.81. The maximum absolute atomic E-state index is 12.1. The van der Waals surface area contributed by atoms with Crippen molar-refractivity contribution in [3.8, 4) is 5.75 Å². The smallest absolute Gasteiger partial charge is 0.276 e. The maximum Gasteiger partial charge on any atom is 0.276 e. The van der Waals surface area contributed by atoms with E-state index in [0.717, 1.165) is 5.75 Å². The number of nitrogens with zero attached hydrogens (tertiary/aromatic N) is 2. The van der Waals surface area contributed by atoms with Crippen LogP contribution in [0.15, 0.2) is 24.3 Å². The van der Waals surface area contributed by atoms with Crippen molar-refractivity contribution in [1.82, 2.24) is 9.78 Å². The number of aryl methyl sites for hydroxylation is 2. The minimum Gasteiger partial charge on any atom is -0.497 e. The van der Waals surface area contributed by atoms with E-state index in [0.29, 0.717) is 22.8 Å². The highest BCUT2D eigenvalue weighted by molar-refractivity contribution is 6.06. The Hall–Kier alpha value is -2.50. The first-order valence-electron chi connectivity index (χ1n) is 5.77. The quantitative estimate of drug-likeness (QED) is 0.877. The second kappa shape index (κ2) is 5.01. The number of hydrogen-bond acceptors (Lipinski definition) is 4. The molecule has 1 heterocycles. The van der Waals surface area contributed by atoms with E-state index < -0.39 is 0 Å². The van der Waals surface area contributed by atoms with Gasteiger partial charge in [0, 0.05) is 12.7 Å². The van der Waals surface area contributed by atoms with Gasteiger partial charge in [-0.05, 0) is 31.2 Å². The molecule has 1 aromatic heterocycles. The van der Waals surface area contributed by atoms with Crippen LogP contribution in [0, 0.1) is 6.92 Å². The Morgan fingerprint density at radius 3 is 2.47 bits per heavy atom. The number of carbonyl (C=O) groups is 1. The molecule has 2 aromatic rings. The van der Waals surface area contributed by atoms with E-state index in [-0.39, 0.29) is 5.91 Å². The number of nitrogens with two attached hydrogens (primary N) is 1. The summed E-state index contributed by atoms with van der Waals surface area (Å²) in [4.78, 5) is 12.1. The van der Waals surface area contributed by atoms with E-state index in [1.165, 1.54) is 4.68 Å². The molecular formula is C13H16N4O2. The van der Waals surface area contributed by atoms with E-state index in [9.17, 15) is 4.79 Å². The third-order valence-corrected chi connectivity index (χ3v) is 2.83. The van der Waals surface area contributed by atoms with E-state index in [1.807, 2.05) is 0 Å². The van der Waals surface area contributed by atoms with Crippen LogP contribution < -0.4 is 15.8 Å². The van der Waals surface area contributed by atoms with Gasteiger partial charge in [0.15, 0.2) is 0 Å². The van der Waals surface area contributed by atoms with Crippen LogP contribution in [0.5, 0.6) is 5.75 Å². The van der Waals surface area contributed by atoms with Crippen molar-refractivity contribution in [1.29, 1.82) is 0 Å². The number of nitrogen functional groups attached to an aromatic ring is 1. The number of ether oxygens (including phenoxy) is 1. The molecule has 0 radical (unpaired) electrons. The molecule has 6 heteroatoms. The molecule has 0 aliphatic rings. The zero-order valence-corrected chi connectivity index (χ0v) is 11.1. The molecule has 1 amide bonds. The fraction of sp³-hybridized carbons (Fsp3) is 0.231. The van der Waals surface area contributed by atoms with Gasteiger partial charge >= 0.3 is 0 Å². The Balaban J connectivity index is 2.20. The van der Waals surface area contributed by atoms with E-state index in [4.69, 9.17) is 10.5 Å². The Morgan fingerprint density at radius 2 is 2.00 bits per heavy atom. The summed E-state index contributed by atoms with van der Waals surface area (Å²) in [5, 5.41) is 6.88. The first-order valence-corrected chi connectivity index (χ1v) is 5.77. The topological polar surface area (TPSA) is 82.2 Å². The average molecular weight is 260 g/mol. The highest BCUT2D eigenvalue weighted by atomic mass is 16.5. The number of hydrogen-bond donors (Lipinski definition) is 2. The Labute approximate surface area is 111 Å². The molecule has 3 N–H and O–H groups in total. The Bertz CT molecular complexity index is 602.